The maximum absolute atomic E-state index is 12.7. The molecule has 4 rings (SSSR count). The Labute approximate surface area is 134 Å². The third kappa shape index (κ3) is 2.63. The van der Waals surface area contributed by atoms with Crippen LogP contribution < -0.4 is 5.32 Å². The Balaban J connectivity index is 1.56. The number of hydrogen-bond acceptors (Lipinski definition) is 4. The summed E-state index contributed by atoms with van der Waals surface area (Å²) < 4.78 is 0. The summed E-state index contributed by atoms with van der Waals surface area (Å²) in [6.07, 6.45) is 5.80. The van der Waals surface area contributed by atoms with E-state index in [0.717, 1.165) is 36.2 Å². The van der Waals surface area contributed by atoms with Crippen molar-refractivity contribution in [2.75, 3.05) is 0 Å². The summed E-state index contributed by atoms with van der Waals surface area (Å²) >= 11 is 0. The number of hydrogen-bond donors (Lipinski definition) is 3. The lowest BCUT2D eigenvalue weighted by atomic mass is 9.76. The molecule has 0 unspecified atom stereocenters. The number of aromatic amines is 1. The predicted molar refractivity (Wildman–Crippen MR) is 83.8 cm³/mol. The predicted octanol–water partition coefficient (Wildman–Crippen LogP) is 1.54. The first-order valence-corrected chi connectivity index (χ1v) is 8.18. The van der Waals surface area contributed by atoms with Gasteiger partial charge in [-0.05, 0) is 50.2 Å². The highest BCUT2D eigenvalue weighted by Crippen LogP contribution is 2.37. The van der Waals surface area contributed by atoms with Crippen LogP contribution in [0.4, 0.5) is 0 Å². The van der Waals surface area contributed by atoms with E-state index in [-0.39, 0.29) is 24.0 Å². The highest BCUT2D eigenvalue weighted by molar-refractivity contribution is 5.94. The van der Waals surface area contributed by atoms with Crippen LogP contribution in [0.15, 0.2) is 24.4 Å². The first-order valence-electron chi connectivity index (χ1n) is 8.18. The Morgan fingerprint density at radius 1 is 1.35 bits per heavy atom. The zero-order valence-electron chi connectivity index (χ0n) is 12.8. The normalized spacial score (nSPS) is 23.9. The van der Waals surface area contributed by atoms with Crippen LogP contribution >= 0.6 is 0 Å². The van der Waals surface area contributed by atoms with Crippen LogP contribution in [-0.2, 0) is 12.8 Å². The van der Waals surface area contributed by atoms with Crippen molar-refractivity contribution in [2.45, 2.75) is 44.2 Å². The molecular weight excluding hydrogens is 292 g/mol. The summed E-state index contributed by atoms with van der Waals surface area (Å²) in [5, 5.41) is 19.9. The van der Waals surface area contributed by atoms with Gasteiger partial charge in [0.15, 0.2) is 5.69 Å². The molecule has 1 fully saturated rings. The molecule has 1 amide bonds. The van der Waals surface area contributed by atoms with Gasteiger partial charge in [-0.3, -0.25) is 14.9 Å². The first kappa shape index (κ1) is 14.4. The largest absolute Gasteiger partial charge is 0.393 e. The number of H-pyrrole nitrogens is 1. The number of aromatic nitrogens is 3. The lowest BCUT2D eigenvalue weighted by Crippen LogP contribution is -2.42. The molecule has 2 aliphatic carbocycles. The molecule has 2 heterocycles. The molecule has 23 heavy (non-hydrogen) atoms. The molecular formula is C17H20N4O2. The molecule has 2 aliphatic rings. The maximum Gasteiger partial charge on any atom is 0.272 e. The molecule has 1 atom stereocenters. The van der Waals surface area contributed by atoms with E-state index in [1.165, 1.54) is 0 Å². The van der Waals surface area contributed by atoms with E-state index in [4.69, 9.17) is 0 Å². The highest BCUT2D eigenvalue weighted by Gasteiger charge is 2.37. The maximum atomic E-state index is 12.7. The lowest BCUT2D eigenvalue weighted by molar-refractivity contribution is 0.0227. The van der Waals surface area contributed by atoms with Crippen molar-refractivity contribution in [2.24, 2.45) is 5.92 Å². The SMILES string of the molecule is O=C(N[C@H](c1ccccn1)C1CC(O)C1)c1n[nH]c2c1CCC2. The van der Waals surface area contributed by atoms with E-state index in [2.05, 4.69) is 20.5 Å². The molecule has 0 spiro atoms. The average Bonchev–Trinajstić information content (AvgIpc) is 3.13. The lowest BCUT2D eigenvalue weighted by Gasteiger charge is -2.37. The second-order valence-electron chi connectivity index (χ2n) is 6.47. The first-order chi connectivity index (χ1) is 11.2. The van der Waals surface area contributed by atoms with Crippen LogP contribution in [0.2, 0.25) is 0 Å². The molecule has 0 aromatic carbocycles. The Kier molecular flexibility index (Phi) is 3.61. The molecule has 0 radical (unpaired) electrons. The van der Waals surface area contributed by atoms with Gasteiger partial charge in [0.2, 0.25) is 0 Å². The second-order valence-corrected chi connectivity index (χ2v) is 6.47. The Morgan fingerprint density at radius 3 is 2.96 bits per heavy atom. The number of fused-ring (bicyclic) bond motifs is 1. The van der Waals surface area contributed by atoms with Gasteiger partial charge in [-0.2, -0.15) is 5.10 Å². The summed E-state index contributed by atoms with van der Waals surface area (Å²) in [5.74, 6) is 0.0669. The molecule has 6 nitrogen and oxygen atoms in total. The molecule has 1 saturated carbocycles. The monoisotopic (exact) mass is 312 g/mol. The topological polar surface area (TPSA) is 90.9 Å². The number of aryl methyl sites for hydroxylation is 1. The number of amides is 1. The molecule has 0 bridgehead atoms. The van der Waals surface area contributed by atoms with Crippen LogP contribution in [-0.4, -0.2) is 32.3 Å². The number of rotatable bonds is 4. The van der Waals surface area contributed by atoms with Gasteiger partial charge in [0.05, 0.1) is 17.8 Å². The van der Waals surface area contributed by atoms with Gasteiger partial charge in [0.25, 0.3) is 5.91 Å². The van der Waals surface area contributed by atoms with Gasteiger partial charge in [-0.15, -0.1) is 0 Å². The second kappa shape index (κ2) is 5.77. The quantitative estimate of drug-likeness (QED) is 0.798. The molecule has 120 valence electrons. The standard InChI is InChI=1S/C17H20N4O2/c22-11-8-10(9-11)15(14-5-1-2-7-18-14)19-17(23)16-12-4-3-6-13(12)20-21-16/h1-2,5,7,10-11,15,22H,3-4,6,8-9H2,(H,19,23)(H,20,21)/t10?,11?,15-/m0/s1. The van der Waals surface area contributed by atoms with Gasteiger partial charge >= 0.3 is 0 Å². The molecule has 2 aromatic heterocycles. The fourth-order valence-electron chi connectivity index (χ4n) is 3.61. The third-order valence-corrected chi connectivity index (χ3v) is 4.94. The van der Waals surface area contributed by atoms with E-state index in [9.17, 15) is 9.90 Å². The summed E-state index contributed by atoms with van der Waals surface area (Å²) in [6, 6.07) is 5.52. The van der Waals surface area contributed by atoms with Crippen LogP contribution in [0.25, 0.3) is 0 Å². The summed E-state index contributed by atoms with van der Waals surface area (Å²) in [5.41, 5.74) is 3.49. The van der Waals surface area contributed by atoms with Gasteiger partial charge in [-0.1, -0.05) is 6.07 Å². The van der Waals surface area contributed by atoms with Crippen LogP contribution in [0, 0.1) is 5.92 Å². The van der Waals surface area contributed by atoms with E-state index >= 15 is 0 Å². The Bertz CT molecular complexity index is 707. The number of nitrogens with one attached hydrogen (secondary N) is 2. The van der Waals surface area contributed by atoms with Crippen molar-refractivity contribution < 1.29 is 9.90 Å². The fourth-order valence-corrected chi connectivity index (χ4v) is 3.61. The third-order valence-electron chi connectivity index (χ3n) is 4.94. The van der Waals surface area contributed by atoms with Crippen molar-refractivity contribution in [3.8, 4) is 0 Å². The summed E-state index contributed by atoms with van der Waals surface area (Å²) in [7, 11) is 0. The summed E-state index contributed by atoms with van der Waals surface area (Å²) in [6.45, 7) is 0. The van der Waals surface area contributed by atoms with E-state index in [0.29, 0.717) is 18.5 Å². The highest BCUT2D eigenvalue weighted by atomic mass is 16.3. The Morgan fingerprint density at radius 2 is 2.22 bits per heavy atom. The van der Waals surface area contributed by atoms with Crippen molar-refractivity contribution in [1.29, 1.82) is 0 Å². The van der Waals surface area contributed by atoms with Gasteiger partial charge in [-0.25, -0.2) is 0 Å². The van der Waals surface area contributed by atoms with Crippen molar-refractivity contribution in [1.82, 2.24) is 20.5 Å². The van der Waals surface area contributed by atoms with E-state index < -0.39 is 0 Å². The number of aliphatic hydroxyl groups is 1. The van der Waals surface area contributed by atoms with Crippen LogP contribution in [0.1, 0.15) is 52.7 Å². The zero-order valence-corrected chi connectivity index (χ0v) is 12.8. The molecule has 3 N–H and O–H groups in total. The minimum atomic E-state index is -0.266. The molecule has 2 aromatic rings. The number of carbonyl (C=O) groups excluding carboxylic acids is 1. The zero-order chi connectivity index (χ0) is 15.8. The molecule has 0 saturated heterocycles. The van der Waals surface area contributed by atoms with Crippen molar-refractivity contribution in [3.05, 3.63) is 47.0 Å². The van der Waals surface area contributed by atoms with Crippen molar-refractivity contribution in [3.63, 3.8) is 0 Å². The fraction of sp³-hybridized carbons (Fsp3) is 0.471. The number of carbonyl (C=O) groups is 1. The van der Waals surface area contributed by atoms with Crippen LogP contribution in [0.3, 0.4) is 0 Å². The Hall–Kier alpha value is -2.21. The minimum Gasteiger partial charge on any atom is -0.393 e. The van der Waals surface area contributed by atoms with Crippen LogP contribution in [0.5, 0.6) is 0 Å². The van der Waals surface area contributed by atoms with E-state index in [1.54, 1.807) is 6.20 Å². The smallest absolute Gasteiger partial charge is 0.272 e. The number of aliphatic hydroxyl groups excluding tert-OH is 1. The van der Waals surface area contributed by atoms with E-state index in [1.807, 2.05) is 18.2 Å². The van der Waals surface area contributed by atoms with Gasteiger partial charge in [0, 0.05) is 17.5 Å². The van der Waals surface area contributed by atoms with Crippen molar-refractivity contribution >= 4 is 5.91 Å². The molecule has 6 heteroatoms. The average molecular weight is 312 g/mol. The number of pyridine rings is 1. The minimum absolute atomic E-state index is 0.151. The van der Waals surface area contributed by atoms with Gasteiger partial charge in [0.1, 0.15) is 0 Å². The summed E-state index contributed by atoms with van der Waals surface area (Å²) in [4.78, 5) is 17.1. The number of nitrogens with zero attached hydrogens (tertiary/aromatic N) is 2. The van der Waals surface area contributed by atoms with Gasteiger partial charge < -0.3 is 10.4 Å². The molecule has 0 aliphatic heterocycles.